The predicted molar refractivity (Wildman–Crippen MR) is 101 cm³/mol. The topological polar surface area (TPSA) is 107 Å². The maximum Gasteiger partial charge on any atom is 0.369 e. The van der Waals surface area contributed by atoms with Crippen molar-refractivity contribution in [2.75, 3.05) is 18.0 Å². The van der Waals surface area contributed by atoms with Crippen LogP contribution in [0.3, 0.4) is 0 Å². The van der Waals surface area contributed by atoms with Gasteiger partial charge in [-0.1, -0.05) is 18.2 Å². The zero-order valence-corrected chi connectivity index (χ0v) is 15.0. The summed E-state index contributed by atoms with van der Waals surface area (Å²) in [5.41, 5.74) is 5.96. The zero-order valence-electron chi connectivity index (χ0n) is 15.0. The molecule has 28 heavy (non-hydrogen) atoms. The lowest BCUT2D eigenvalue weighted by Crippen LogP contribution is -2.44. The third kappa shape index (κ3) is 2.86. The van der Waals surface area contributed by atoms with Crippen LogP contribution in [0.5, 0.6) is 0 Å². The first kappa shape index (κ1) is 17.9. The van der Waals surface area contributed by atoms with Gasteiger partial charge in [-0.25, -0.2) is 4.39 Å². The Morgan fingerprint density at radius 2 is 1.71 bits per heavy atom. The van der Waals surface area contributed by atoms with E-state index in [1.807, 2.05) is 11.0 Å². The first-order valence-corrected chi connectivity index (χ1v) is 8.99. The minimum atomic E-state index is -0.587. The van der Waals surface area contributed by atoms with Gasteiger partial charge in [0.05, 0.1) is 17.3 Å². The van der Waals surface area contributed by atoms with Gasteiger partial charge >= 0.3 is 11.4 Å². The number of nitriles is 1. The largest absolute Gasteiger partial charge is 0.617 e. The third-order valence-electron chi connectivity index (χ3n) is 5.15. The van der Waals surface area contributed by atoms with Gasteiger partial charge in [0.2, 0.25) is 0 Å². The Balaban J connectivity index is 1.94. The minimum Gasteiger partial charge on any atom is -0.617 e. The van der Waals surface area contributed by atoms with Gasteiger partial charge in [0.25, 0.3) is 11.0 Å². The fourth-order valence-corrected chi connectivity index (χ4v) is 3.63. The molecule has 0 aliphatic carbocycles. The van der Waals surface area contributed by atoms with Crippen LogP contribution in [0.1, 0.15) is 18.5 Å². The highest BCUT2D eigenvalue weighted by molar-refractivity contribution is 5.76. The Kier molecular flexibility index (Phi) is 4.45. The van der Waals surface area contributed by atoms with Crippen molar-refractivity contribution >= 4 is 16.7 Å². The van der Waals surface area contributed by atoms with E-state index in [1.54, 1.807) is 30.3 Å². The van der Waals surface area contributed by atoms with E-state index in [4.69, 9.17) is 5.73 Å². The number of rotatable bonds is 2. The zero-order chi connectivity index (χ0) is 19.8. The second-order valence-corrected chi connectivity index (χ2v) is 6.88. The number of anilines is 1. The van der Waals surface area contributed by atoms with E-state index >= 15 is 0 Å². The molecule has 3 aromatic rings. The highest BCUT2D eigenvalue weighted by atomic mass is 19.1. The summed E-state index contributed by atoms with van der Waals surface area (Å²) < 4.78 is 15.7. The van der Waals surface area contributed by atoms with Crippen molar-refractivity contribution in [1.29, 1.82) is 5.26 Å². The second kappa shape index (κ2) is 6.94. The van der Waals surface area contributed by atoms with E-state index in [-0.39, 0.29) is 34.2 Å². The summed E-state index contributed by atoms with van der Waals surface area (Å²) in [6, 6.07) is 12.7. The molecule has 0 bridgehead atoms. The van der Waals surface area contributed by atoms with Crippen LogP contribution in [0.4, 0.5) is 10.1 Å². The van der Waals surface area contributed by atoms with E-state index in [9.17, 15) is 20.1 Å². The van der Waals surface area contributed by atoms with Gasteiger partial charge in [0.15, 0.2) is 11.9 Å². The molecule has 142 valence electrons. The molecular formula is C20H18FN5O2. The molecule has 1 aliphatic rings. The molecule has 0 amide bonds. The SMILES string of the molecule is N#Cc1c(-c2ccccc2)[n+]([O-])c2cc(F)c(N3CCC(N)CC3)cc2[n+]1[O-]. The lowest BCUT2D eigenvalue weighted by atomic mass is 10.0. The molecule has 4 rings (SSSR count). The van der Waals surface area contributed by atoms with Gasteiger partial charge in [-0.3, -0.25) is 0 Å². The lowest BCUT2D eigenvalue weighted by molar-refractivity contribution is -0.622. The summed E-state index contributed by atoms with van der Waals surface area (Å²) in [7, 11) is 0. The predicted octanol–water partition coefficient (Wildman–Crippen LogP) is 1.71. The van der Waals surface area contributed by atoms with Gasteiger partial charge in [0, 0.05) is 25.2 Å². The van der Waals surface area contributed by atoms with Crippen LogP contribution in [-0.2, 0) is 0 Å². The van der Waals surface area contributed by atoms with Crippen LogP contribution >= 0.6 is 0 Å². The molecular weight excluding hydrogens is 361 g/mol. The van der Waals surface area contributed by atoms with Gasteiger partial charge < -0.3 is 21.0 Å². The van der Waals surface area contributed by atoms with Crippen molar-refractivity contribution in [3.05, 3.63) is 64.4 Å². The number of hydrogen-bond donors (Lipinski definition) is 1. The van der Waals surface area contributed by atoms with Crippen LogP contribution in [0, 0.1) is 27.6 Å². The summed E-state index contributed by atoms with van der Waals surface area (Å²) in [5.74, 6) is -0.587. The molecule has 1 aliphatic heterocycles. The van der Waals surface area contributed by atoms with Crippen LogP contribution in [0.2, 0.25) is 0 Å². The smallest absolute Gasteiger partial charge is 0.369 e. The molecule has 2 N–H and O–H groups in total. The molecule has 1 saturated heterocycles. The van der Waals surface area contributed by atoms with Gasteiger partial charge in [-0.05, 0) is 25.0 Å². The number of nitrogens with zero attached hydrogens (tertiary/aromatic N) is 4. The number of halogens is 1. The van der Waals surface area contributed by atoms with E-state index in [1.165, 1.54) is 6.07 Å². The quantitative estimate of drug-likeness (QED) is 0.539. The maximum absolute atomic E-state index is 14.8. The van der Waals surface area contributed by atoms with Crippen molar-refractivity contribution < 1.29 is 13.9 Å². The van der Waals surface area contributed by atoms with Crippen molar-refractivity contribution in [3.8, 4) is 17.3 Å². The number of nitrogens with two attached hydrogens (primary N) is 1. The van der Waals surface area contributed by atoms with E-state index in [0.29, 0.717) is 41.0 Å². The van der Waals surface area contributed by atoms with Crippen LogP contribution in [-0.4, -0.2) is 19.1 Å². The van der Waals surface area contributed by atoms with Crippen molar-refractivity contribution in [1.82, 2.24) is 0 Å². The number of piperidine rings is 1. The van der Waals surface area contributed by atoms with Crippen molar-refractivity contribution in [2.45, 2.75) is 18.9 Å². The van der Waals surface area contributed by atoms with E-state index in [2.05, 4.69) is 0 Å². The summed E-state index contributed by atoms with van der Waals surface area (Å²) in [4.78, 5) is 1.81. The Hall–Kier alpha value is -3.44. The average molecular weight is 379 g/mol. The molecule has 1 fully saturated rings. The van der Waals surface area contributed by atoms with Crippen molar-refractivity contribution in [3.63, 3.8) is 0 Å². The molecule has 0 radical (unpaired) electrons. The first-order valence-electron chi connectivity index (χ1n) is 8.99. The summed E-state index contributed by atoms with van der Waals surface area (Å²) >= 11 is 0. The number of fused-ring (bicyclic) bond motifs is 1. The molecule has 0 saturated carbocycles. The Morgan fingerprint density at radius 3 is 2.36 bits per heavy atom. The minimum absolute atomic E-state index is 0.0440. The summed E-state index contributed by atoms with van der Waals surface area (Å²) in [6.07, 6.45) is 1.43. The van der Waals surface area contributed by atoms with Crippen molar-refractivity contribution in [2.24, 2.45) is 5.73 Å². The van der Waals surface area contributed by atoms with Gasteiger partial charge in [-0.2, -0.15) is 9.99 Å². The Morgan fingerprint density at radius 1 is 1.07 bits per heavy atom. The van der Waals surface area contributed by atoms with Gasteiger partial charge in [-0.15, -0.1) is 4.73 Å². The maximum atomic E-state index is 14.8. The number of hydrogen-bond acceptors (Lipinski definition) is 5. The van der Waals surface area contributed by atoms with E-state index in [0.717, 1.165) is 6.07 Å². The average Bonchev–Trinajstić information content (AvgIpc) is 2.71. The fourth-order valence-electron chi connectivity index (χ4n) is 3.63. The monoisotopic (exact) mass is 379 g/mol. The highest BCUT2D eigenvalue weighted by Gasteiger charge is 2.31. The summed E-state index contributed by atoms with van der Waals surface area (Å²) in [5, 5.41) is 35.4. The lowest BCUT2D eigenvalue weighted by Gasteiger charge is -2.32. The van der Waals surface area contributed by atoms with Crippen LogP contribution in [0.25, 0.3) is 22.3 Å². The molecule has 8 heteroatoms. The van der Waals surface area contributed by atoms with E-state index < -0.39 is 5.82 Å². The Bertz CT molecular complexity index is 1090. The first-order chi connectivity index (χ1) is 13.5. The highest BCUT2D eigenvalue weighted by Crippen LogP contribution is 2.27. The molecule has 0 atom stereocenters. The molecule has 2 heterocycles. The number of aromatic nitrogens is 2. The standard InChI is InChI=1S/C20H18FN5O2/c21-15-10-17-18(11-16(15)24-8-6-14(23)7-9-24)25(27)19(12-22)20(26(17)28)13-4-2-1-3-5-13/h1-5,10-11,14H,6-9,23H2. The third-order valence-corrected chi connectivity index (χ3v) is 5.15. The number of benzene rings is 2. The van der Waals surface area contributed by atoms with Gasteiger partial charge in [0.1, 0.15) is 0 Å². The van der Waals surface area contributed by atoms with Crippen LogP contribution < -0.4 is 20.1 Å². The van der Waals surface area contributed by atoms with Crippen LogP contribution in [0.15, 0.2) is 42.5 Å². The molecule has 7 nitrogen and oxygen atoms in total. The molecule has 1 aromatic heterocycles. The Labute approximate surface area is 160 Å². The molecule has 2 aromatic carbocycles. The molecule has 0 unspecified atom stereocenters. The summed E-state index contributed by atoms with van der Waals surface area (Å²) in [6.45, 7) is 1.13. The second-order valence-electron chi connectivity index (χ2n) is 6.88. The normalized spacial score (nSPS) is 15.0. The molecule has 0 spiro atoms. The fraction of sp³-hybridized carbons (Fsp3) is 0.250.